The summed E-state index contributed by atoms with van der Waals surface area (Å²) in [5.74, 6) is -1.21. The zero-order chi connectivity index (χ0) is 10.8. The second-order valence-electron chi connectivity index (χ2n) is 4.17. The van der Waals surface area contributed by atoms with Crippen molar-refractivity contribution in [3.63, 3.8) is 0 Å². The van der Waals surface area contributed by atoms with Crippen molar-refractivity contribution < 1.29 is 8.78 Å². The molecule has 82 valence electrons. The van der Waals surface area contributed by atoms with Crippen molar-refractivity contribution in [1.29, 1.82) is 0 Å². The van der Waals surface area contributed by atoms with Gasteiger partial charge in [0.25, 0.3) is 0 Å². The first-order chi connectivity index (χ1) is 7.18. The molecular formula is C12H15F2N. The van der Waals surface area contributed by atoms with Crippen molar-refractivity contribution in [3.8, 4) is 0 Å². The molecule has 1 aliphatic rings. The third-order valence-electron chi connectivity index (χ3n) is 2.98. The molecule has 1 aromatic rings. The van der Waals surface area contributed by atoms with Crippen LogP contribution in [-0.2, 0) is 0 Å². The van der Waals surface area contributed by atoms with Crippen molar-refractivity contribution in [2.75, 3.05) is 13.1 Å². The van der Waals surface area contributed by atoms with Gasteiger partial charge in [-0.2, -0.15) is 0 Å². The number of hydrogen-bond acceptors (Lipinski definition) is 1. The van der Waals surface area contributed by atoms with E-state index in [1.807, 2.05) is 0 Å². The number of benzene rings is 1. The Kier molecular flexibility index (Phi) is 3.00. The van der Waals surface area contributed by atoms with Crippen LogP contribution in [0.1, 0.15) is 29.9 Å². The molecule has 1 nitrogen and oxygen atoms in total. The van der Waals surface area contributed by atoms with Crippen LogP contribution in [0.3, 0.4) is 0 Å². The van der Waals surface area contributed by atoms with Crippen LogP contribution >= 0.6 is 0 Å². The number of aryl methyl sites for hydroxylation is 1. The van der Waals surface area contributed by atoms with Crippen LogP contribution in [0.4, 0.5) is 8.78 Å². The van der Waals surface area contributed by atoms with Crippen LogP contribution in [0.5, 0.6) is 0 Å². The Balaban J connectivity index is 2.33. The normalized spacial score (nSPS) is 18.1. The lowest BCUT2D eigenvalue weighted by Gasteiger charge is -2.23. The smallest absolute Gasteiger partial charge is 0.162 e. The fraction of sp³-hybridized carbons (Fsp3) is 0.500. The Morgan fingerprint density at radius 1 is 1.20 bits per heavy atom. The number of halogens is 2. The summed E-state index contributed by atoms with van der Waals surface area (Å²) in [4.78, 5) is 0. The summed E-state index contributed by atoms with van der Waals surface area (Å²) in [6, 6.07) is 3.02. The summed E-state index contributed by atoms with van der Waals surface area (Å²) < 4.78 is 26.8. The van der Waals surface area contributed by atoms with Crippen molar-refractivity contribution in [3.05, 3.63) is 34.9 Å². The maximum Gasteiger partial charge on any atom is 0.162 e. The Morgan fingerprint density at radius 3 is 2.53 bits per heavy atom. The van der Waals surface area contributed by atoms with E-state index in [-0.39, 0.29) is 5.92 Å². The monoisotopic (exact) mass is 211 g/mol. The fourth-order valence-corrected chi connectivity index (χ4v) is 2.18. The van der Waals surface area contributed by atoms with E-state index < -0.39 is 11.6 Å². The molecule has 0 radical (unpaired) electrons. The van der Waals surface area contributed by atoms with Gasteiger partial charge in [-0.25, -0.2) is 8.78 Å². The molecule has 2 rings (SSSR count). The molecule has 0 saturated carbocycles. The Morgan fingerprint density at radius 2 is 1.87 bits per heavy atom. The van der Waals surface area contributed by atoms with Crippen molar-refractivity contribution in [1.82, 2.24) is 5.32 Å². The zero-order valence-electron chi connectivity index (χ0n) is 8.82. The average Bonchev–Trinajstić information content (AvgIpc) is 2.24. The summed E-state index contributed by atoms with van der Waals surface area (Å²) in [7, 11) is 0. The maximum absolute atomic E-state index is 13.6. The van der Waals surface area contributed by atoms with E-state index in [9.17, 15) is 8.78 Å². The lowest BCUT2D eigenvalue weighted by atomic mass is 9.89. The second-order valence-corrected chi connectivity index (χ2v) is 4.17. The predicted molar refractivity (Wildman–Crippen MR) is 55.9 cm³/mol. The van der Waals surface area contributed by atoms with Crippen LogP contribution in [-0.4, -0.2) is 13.1 Å². The van der Waals surface area contributed by atoms with Crippen LogP contribution in [0.25, 0.3) is 0 Å². The van der Waals surface area contributed by atoms with E-state index >= 15 is 0 Å². The molecule has 0 aromatic heterocycles. The highest BCUT2D eigenvalue weighted by molar-refractivity contribution is 5.28. The molecule has 1 fully saturated rings. The van der Waals surface area contributed by atoms with Crippen molar-refractivity contribution in [2.24, 2.45) is 0 Å². The van der Waals surface area contributed by atoms with Gasteiger partial charge in [0.1, 0.15) is 0 Å². The second kappa shape index (κ2) is 4.27. The van der Waals surface area contributed by atoms with E-state index in [1.54, 1.807) is 13.0 Å². The molecule has 1 N–H and O–H groups in total. The standard InChI is InChI=1S/C12H15F2N/c1-8-6-10(12(14)11(13)7-8)9-2-4-15-5-3-9/h6-7,9,15H,2-5H2,1H3. The van der Waals surface area contributed by atoms with Crippen LogP contribution in [0.2, 0.25) is 0 Å². The summed E-state index contributed by atoms with van der Waals surface area (Å²) in [6.45, 7) is 3.58. The molecule has 1 aliphatic heterocycles. The molecule has 0 amide bonds. The molecule has 0 aliphatic carbocycles. The summed E-state index contributed by atoms with van der Waals surface area (Å²) in [5, 5.41) is 3.22. The minimum Gasteiger partial charge on any atom is -0.317 e. The van der Waals surface area contributed by atoms with Crippen LogP contribution in [0, 0.1) is 18.6 Å². The van der Waals surface area contributed by atoms with Gasteiger partial charge in [0.2, 0.25) is 0 Å². The molecular weight excluding hydrogens is 196 g/mol. The number of rotatable bonds is 1. The molecule has 1 aromatic carbocycles. The van der Waals surface area contributed by atoms with Crippen LogP contribution in [0.15, 0.2) is 12.1 Å². The van der Waals surface area contributed by atoms with E-state index in [0.717, 1.165) is 31.5 Å². The number of hydrogen-bond donors (Lipinski definition) is 1. The summed E-state index contributed by atoms with van der Waals surface area (Å²) in [6.07, 6.45) is 1.78. The average molecular weight is 211 g/mol. The highest BCUT2D eigenvalue weighted by Gasteiger charge is 2.20. The maximum atomic E-state index is 13.6. The number of piperidine rings is 1. The van der Waals surface area contributed by atoms with Gasteiger partial charge < -0.3 is 5.32 Å². The highest BCUT2D eigenvalue weighted by atomic mass is 19.2. The molecule has 1 saturated heterocycles. The lowest BCUT2D eigenvalue weighted by Crippen LogP contribution is -2.27. The van der Waals surface area contributed by atoms with Gasteiger partial charge in [-0.3, -0.25) is 0 Å². The largest absolute Gasteiger partial charge is 0.317 e. The van der Waals surface area contributed by atoms with E-state index in [2.05, 4.69) is 5.32 Å². The van der Waals surface area contributed by atoms with Gasteiger partial charge in [0, 0.05) is 0 Å². The van der Waals surface area contributed by atoms with E-state index in [4.69, 9.17) is 0 Å². The topological polar surface area (TPSA) is 12.0 Å². The first-order valence-corrected chi connectivity index (χ1v) is 5.34. The van der Waals surface area contributed by atoms with E-state index in [0.29, 0.717) is 5.56 Å². The summed E-state index contributed by atoms with van der Waals surface area (Å²) in [5.41, 5.74) is 1.34. The van der Waals surface area contributed by atoms with Gasteiger partial charge in [-0.15, -0.1) is 0 Å². The van der Waals surface area contributed by atoms with Gasteiger partial charge in [0.05, 0.1) is 0 Å². The van der Waals surface area contributed by atoms with Crippen molar-refractivity contribution in [2.45, 2.75) is 25.7 Å². The summed E-state index contributed by atoms with van der Waals surface area (Å²) >= 11 is 0. The Labute approximate surface area is 88.5 Å². The molecule has 1 heterocycles. The zero-order valence-corrected chi connectivity index (χ0v) is 8.82. The quantitative estimate of drug-likeness (QED) is 0.753. The molecule has 0 spiro atoms. The fourth-order valence-electron chi connectivity index (χ4n) is 2.18. The van der Waals surface area contributed by atoms with Gasteiger partial charge in [0.15, 0.2) is 11.6 Å². The van der Waals surface area contributed by atoms with Gasteiger partial charge >= 0.3 is 0 Å². The SMILES string of the molecule is Cc1cc(F)c(F)c(C2CCNCC2)c1. The third kappa shape index (κ3) is 2.17. The molecule has 3 heteroatoms. The Bertz CT molecular complexity index is 357. The first kappa shape index (κ1) is 10.6. The molecule has 15 heavy (non-hydrogen) atoms. The molecule has 0 atom stereocenters. The van der Waals surface area contributed by atoms with Crippen LogP contribution < -0.4 is 5.32 Å². The molecule has 0 unspecified atom stereocenters. The first-order valence-electron chi connectivity index (χ1n) is 5.34. The lowest BCUT2D eigenvalue weighted by molar-refractivity contribution is 0.429. The van der Waals surface area contributed by atoms with Gasteiger partial charge in [-0.1, -0.05) is 6.07 Å². The van der Waals surface area contributed by atoms with Gasteiger partial charge in [-0.05, 0) is 56.0 Å². The number of nitrogens with one attached hydrogen (secondary N) is 1. The molecule has 0 bridgehead atoms. The highest BCUT2D eigenvalue weighted by Crippen LogP contribution is 2.29. The predicted octanol–water partition coefficient (Wildman–Crippen LogP) is 2.74. The minimum absolute atomic E-state index is 0.167. The third-order valence-corrected chi connectivity index (χ3v) is 2.98. The minimum atomic E-state index is -0.719. The van der Waals surface area contributed by atoms with Crippen molar-refractivity contribution >= 4 is 0 Å². The van der Waals surface area contributed by atoms with E-state index in [1.165, 1.54) is 6.07 Å². The Hall–Kier alpha value is -0.960.